The maximum atomic E-state index is 5.30. The van der Waals surface area contributed by atoms with E-state index in [9.17, 15) is 0 Å². The zero-order valence-electron chi connectivity index (χ0n) is 7.21. The highest BCUT2D eigenvalue weighted by Gasteiger charge is 2.06. The molecule has 4 nitrogen and oxygen atoms in total. The summed E-state index contributed by atoms with van der Waals surface area (Å²) in [6, 6.07) is 0. The molecule has 0 bridgehead atoms. The highest BCUT2D eigenvalue weighted by molar-refractivity contribution is 4.54. The van der Waals surface area contributed by atoms with Gasteiger partial charge in [-0.05, 0) is 0 Å². The Morgan fingerprint density at radius 1 is 1.18 bits per heavy atom. The molecule has 0 radical (unpaired) electrons. The van der Waals surface area contributed by atoms with E-state index in [0.717, 1.165) is 0 Å². The third-order valence-electron chi connectivity index (χ3n) is 1.18. The van der Waals surface area contributed by atoms with Gasteiger partial charge in [0.2, 0.25) is 0 Å². The van der Waals surface area contributed by atoms with Crippen molar-refractivity contribution < 1.29 is 14.2 Å². The van der Waals surface area contributed by atoms with Gasteiger partial charge in [0.15, 0.2) is 0 Å². The number of rotatable bonds is 7. The highest BCUT2D eigenvalue weighted by atomic mass is 16.6. The fourth-order valence-corrected chi connectivity index (χ4v) is 0.751. The van der Waals surface area contributed by atoms with E-state index in [0.29, 0.717) is 26.4 Å². The van der Waals surface area contributed by atoms with Crippen LogP contribution < -0.4 is 5.73 Å². The summed E-state index contributed by atoms with van der Waals surface area (Å²) in [4.78, 5) is 0. The fourth-order valence-electron chi connectivity index (χ4n) is 0.751. The van der Waals surface area contributed by atoms with Crippen LogP contribution in [0.4, 0.5) is 0 Å². The van der Waals surface area contributed by atoms with Gasteiger partial charge in [-0.1, -0.05) is 0 Å². The molecule has 0 aliphatic carbocycles. The van der Waals surface area contributed by atoms with Crippen LogP contribution >= 0.6 is 0 Å². The second kappa shape index (κ2) is 7.94. The SMILES string of the molecule is COCC(COC)OCCN. The number of hydrogen-bond donors (Lipinski definition) is 1. The molecule has 68 valence electrons. The van der Waals surface area contributed by atoms with Gasteiger partial charge in [0.1, 0.15) is 6.10 Å². The molecule has 0 aromatic heterocycles. The van der Waals surface area contributed by atoms with Crippen LogP contribution in [0.15, 0.2) is 0 Å². The Labute approximate surface area is 67.6 Å². The molecular formula is C7H17NO3. The number of ether oxygens (including phenoxy) is 3. The lowest BCUT2D eigenvalue weighted by Gasteiger charge is -2.14. The van der Waals surface area contributed by atoms with E-state index in [1.54, 1.807) is 14.2 Å². The molecule has 0 aliphatic rings. The minimum Gasteiger partial charge on any atom is -0.382 e. The van der Waals surface area contributed by atoms with E-state index in [4.69, 9.17) is 19.9 Å². The smallest absolute Gasteiger partial charge is 0.104 e. The number of nitrogens with two attached hydrogens (primary N) is 1. The van der Waals surface area contributed by atoms with Crippen molar-refractivity contribution in [1.29, 1.82) is 0 Å². The summed E-state index contributed by atoms with van der Waals surface area (Å²) in [7, 11) is 3.27. The predicted octanol–water partition coefficient (Wildman–Crippen LogP) is -0.377. The third-order valence-corrected chi connectivity index (χ3v) is 1.18. The summed E-state index contributed by atoms with van der Waals surface area (Å²) in [6.45, 7) is 2.18. The largest absolute Gasteiger partial charge is 0.382 e. The summed E-state index contributed by atoms with van der Waals surface area (Å²) < 4.78 is 15.1. The van der Waals surface area contributed by atoms with Crippen LogP contribution in [0.5, 0.6) is 0 Å². The predicted molar refractivity (Wildman–Crippen MR) is 42.5 cm³/mol. The van der Waals surface area contributed by atoms with Crippen molar-refractivity contribution in [2.75, 3.05) is 40.6 Å². The molecule has 2 N–H and O–H groups in total. The van der Waals surface area contributed by atoms with E-state index >= 15 is 0 Å². The lowest BCUT2D eigenvalue weighted by molar-refractivity contribution is -0.0383. The zero-order chi connectivity index (χ0) is 8.53. The maximum absolute atomic E-state index is 5.30. The summed E-state index contributed by atoms with van der Waals surface area (Å²) in [5.74, 6) is 0. The standard InChI is InChI=1S/C7H17NO3/c1-9-5-7(6-10-2)11-4-3-8/h7H,3-6,8H2,1-2H3. The van der Waals surface area contributed by atoms with Crippen molar-refractivity contribution in [2.45, 2.75) is 6.10 Å². The monoisotopic (exact) mass is 163 g/mol. The van der Waals surface area contributed by atoms with Crippen LogP contribution in [0, 0.1) is 0 Å². The van der Waals surface area contributed by atoms with Gasteiger partial charge in [0.25, 0.3) is 0 Å². The average Bonchev–Trinajstić information content (AvgIpc) is 2.01. The highest BCUT2D eigenvalue weighted by Crippen LogP contribution is 1.92. The van der Waals surface area contributed by atoms with Crippen molar-refractivity contribution in [2.24, 2.45) is 5.73 Å². The number of hydrogen-bond acceptors (Lipinski definition) is 4. The van der Waals surface area contributed by atoms with E-state index in [2.05, 4.69) is 0 Å². The first kappa shape index (κ1) is 10.8. The van der Waals surface area contributed by atoms with E-state index in [1.807, 2.05) is 0 Å². The Bertz CT molecular complexity index is 74.1. The van der Waals surface area contributed by atoms with Crippen LogP contribution in [0.1, 0.15) is 0 Å². The summed E-state index contributed by atoms with van der Waals surface area (Å²) in [6.07, 6.45) is 0.00792. The van der Waals surface area contributed by atoms with Crippen LogP contribution in [0.3, 0.4) is 0 Å². The molecule has 0 unspecified atom stereocenters. The van der Waals surface area contributed by atoms with Gasteiger partial charge in [0.05, 0.1) is 19.8 Å². The molecule has 0 amide bonds. The molecular weight excluding hydrogens is 146 g/mol. The minimum absolute atomic E-state index is 0.00792. The van der Waals surface area contributed by atoms with Crippen LogP contribution in [-0.4, -0.2) is 46.7 Å². The van der Waals surface area contributed by atoms with Crippen LogP contribution in [0.2, 0.25) is 0 Å². The number of methoxy groups -OCH3 is 2. The topological polar surface area (TPSA) is 53.7 Å². The lowest BCUT2D eigenvalue weighted by Crippen LogP contribution is -2.27. The van der Waals surface area contributed by atoms with E-state index in [1.165, 1.54) is 0 Å². The lowest BCUT2D eigenvalue weighted by atomic mass is 10.4. The van der Waals surface area contributed by atoms with Crippen LogP contribution in [0.25, 0.3) is 0 Å². The Balaban J connectivity index is 3.34. The molecule has 0 aliphatic heterocycles. The second-order valence-electron chi connectivity index (χ2n) is 2.19. The molecule has 0 fully saturated rings. The first-order valence-corrected chi connectivity index (χ1v) is 3.64. The van der Waals surface area contributed by atoms with Crippen molar-refractivity contribution >= 4 is 0 Å². The normalized spacial score (nSPS) is 10.9. The van der Waals surface area contributed by atoms with Crippen molar-refractivity contribution in [3.05, 3.63) is 0 Å². The Morgan fingerprint density at radius 3 is 2.09 bits per heavy atom. The Hall–Kier alpha value is -0.160. The molecule has 0 heterocycles. The summed E-state index contributed by atoms with van der Waals surface area (Å²) in [5, 5.41) is 0. The fraction of sp³-hybridized carbons (Fsp3) is 1.00. The molecule has 0 atom stereocenters. The van der Waals surface area contributed by atoms with Gasteiger partial charge in [0, 0.05) is 20.8 Å². The molecule has 0 saturated heterocycles. The molecule has 0 saturated carbocycles. The maximum Gasteiger partial charge on any atom is 0.104 e. The van der Waals surface area contributed by atoms with Gasteiger partial charge in [-0.3, -0.25) is 0 Å². The Morgan fingerprint density at radius 2 is 1.73 bits per heavy atom. The van der Waals surface area contributed by atoms with Gasteiger partial charge in [-0.25, -0.2) is 0 Å². The van der Waals surface area contributed by atoms with Crippen molar-refractivity contribution in [3.8, 4) is 0 Å². The zero-order valence-corrected chi connectivity index (χ0v) is 7.21. The quantitative estimate of drug-likeness (QED) is 0.556. The van der Waals surface area contributed by atoms with Gasteiger partial charge < -0.3 is 19.9 Å². The molecule has 4 heteroatoms. The van der Waals surface area contributed by atoms with Gasteiger partial charge >= 0.3 is 0 Å². The molecule has 0 aromatic rings. The molecule has 0 aromatic carbocycles. The molecule has 0 spiro atoms. The second-order valence-corrected chi connectivity index (χ2v) is 2.19. The average molecular weight is 163 g/mol. The minimum atomic E-state index is 0.00792. The van der Waals surface area contributed by atoms with E-state index in [-0.39, 0.29) is 6.10 Å². The Kier molecular flexibility index (Phi) is 7.83. The van der Waals surface area contributed by atoms with Gasteiger partial charge in [-0.2, -0.15) is 0 Å². The molecule has 0 rings (SSSR count). The summed E-state index contributed by atoms with van der Waals surface area (Å²) in [5.41, 5.74) is 5.26. The van der Waals surface area contributed by atoms with Crippen LogP contribution in [-0.2, 0) is 14.2 Å². The van der Waals surface area contributed by atoms with Crippen molar-refractivity contribution in [3.63, 3.8) is 0 Å². The van der Waals surface area contributed by atoms with E-state index < -0.39 is 0 Å². The first-order valence-electron chi connectivity index (χ1n) is 3.64. The van der Waals surface area contributed by atoms with Crippen molar-refractivity contribution in [1.82, 2.24) is 0 Å². The van der Waals surface area contributed by atoms with Gasteiger partial charge in [-0.15, -0.1) is 0 Å². The molecule has 11 heavy (non-hydrogen) atoms. The first-order chi connectivity index (χ1) is 5.35. The summed E-state index contributed by atoms with van der Waals surface area (Å²) >= 11 is 0. The third kappa shape index (κ3) is 6.25.